The van der Waals surface area contributed by atoms with Gasteiger partial charge < -0.3 is 8.98 Å². The number of rotatable bonds is 1. The van der Waals surface area contributed by atoms with Crippen molar-refractivity contribution in [3.8, 4) is 5.69 Å². The molecule has 0 amide bonds. The van der Waals surface area contributed by atoms with Crippen LogP contribution in [0.1, 0.15) is 24.2 Å². The van der Waals surface area contributed by atoms with E-state index in [0.717, 1.165) is 18.4 Å². The molecule has 0 N–H and O–H groups in total. The van der Waals surface area contributed by atoms with Crippen molar-refractivity contribution >= 4 is 32.8 Å². The summed E-state index contributed by atoms with van der Waals surface area (Å²) >= 11 is 0. The summed E-state index contributed by atoms with van der Waals surface area (Å²) < 4.78 is 8.84. The Morgan fingerprint density at radius 2 is 1.46 bits per heavy atom. The van der Waals surface area contributed by atoms with Gasteiger partial charge in [0.05, 0.1) is 11.0 Å². The molecule has 0 fully saturated rings. The van der Waals surface area contributed by atoms with Crippen molar-refractivity contribution in [1.82, 2.24) is 4.57 Å². The Morgan fingerprint density at radius 3 is 2.38 bits per heavy atom. The molecule has 0 saturated heterocycles. The first-order chi connectivity index (χ1) is 12.9. The highest BCUT2D eigenvalue weighted by molar-refractivity contribution is 6.17. The molecule has 3 aromatic carbocycles. The van der Waals surface area contributed by atoms with Crippen LogP contribution in [0.3, 0.4) is 0 Å². The van der Waals surface area contributed by atoms with E-state index in [1.165, 1.54) is 57.0 Å². The number of para-hydroxylation sites is 2. The first kappa shape index (κ1) is 14.2. The summed E-state index contributed by atoms with van der Waals surface area (Å²) in [6.07, 6.45) is 4.70. The molecule has 6 rings (SSSR count). The number of aromatic nitrogens is 1. The largest absolute Gasteiger partial charge is 0.459 e. The second-order valence-electron chi connectivity index (χ2n) is 7.24. The van der Waals surface area contributed by atoms with Crippen molar-refractivity contribution in [2.24, 2.45) is 0 Å². The van der Waals surface area contributed by atoms with Crippen molar-refractivity contribution in [2.45, 2.75) is 25.7 Å². The molecule has 1 aliphatic carbocycles. The predicted molar refractivity (Wildman–Crippen MR) is 107 cm³/mol. The number of hydrogen-bond donors (Lipinski definition) is 0. The number of nitrogens with zero attached hydrogens (tertiary/aromatic N) is 1. The van der Waals surface area contributed by atoms with Crippen molar-refractivity contribution in [1.29, 1.82) is 0 Å². The van der Waals surface area contributed by atoms with Crippen LogP contribution in [0.2, 0.25) is 0 Å². The molecule has 0 radical (unpaired) electrons. The van der Waals surface area contributed by atoms with Crippen LogP contribution in [0, 0.1) is 0 Å². The normalized spacial score (nSPS) is 14.3. The lowest BCUT2D eigenvalue weighted by Gasteiger charge is -2.08. The van der Waals surface area contributed by atoms with E-state index in [4.69, 9.17) is 4.42 Å². The summed E-state index contributed by atoms with van der Waals surface area (Å²) in [5, 5.41) is 3.85. The minimum Gasteiger partial charge on any atom is -0.459 e. The molecule has 126 valence electrons. The van der Waals surface area contributed by atoms with Crippen LogP contribution in [0.25, 0.3) is 38.5 Å². The molecule has 0 unspecified atom stereocenters. The molecule has 26 heavy (non-hydrogen) atoms. The van der Waals surface area contributed by atoms with E-state index < -0.39 is 0 Å². The Labute approximate surface area is 151 Å². The summed E-state index contributed by atoms with van der Waals surface area (Å²) in [7, 11) is 0. The summed E-state index contributed by atoms with van der Waals surface area (Å²) in [5.74, 6) is 1.20. The van der Waals surface area contributed by atoms with Crippen LogP contribution in [0.5, 0.6) is 0 Å². The van der Waals surface area contributed by atoms with Gasteiger partial charge in [0.2, 0.25) is 0 Å². The third-order valence-corrected chi connectivity index (χ3v) is 5.77. The number of furan rings is 1. The highest BCUT2D eigenvalue weighted by Crippen LogP contribution is 2.40. The molecule has 1 aliphatic rings. The average molecular weight is 337 g/mol. The van der Waals surface area contributed by atoms with E-state index in [0.29, 0.717) is 0 Å². The van der Waals surface area contributed by atoms with Gasteiger partial charge in [0.15, 0.2) is 5.58 Å². The predicted octanol–water partition coefficient (Wildman–Crippen LogP) is 6.41. The van der Waals surface area contributed by atoms with Crippen molar-refractivity contribution in [3.63, 3.8) is 0 Å². The Kier molecular flexibility index (Phi) is 2.87. The molecular weight excluding hydrogens is 318 g/mol. The van der Waals surface area contributed by atoms with Gasteiger partial charge in [-0.3, -0.25) is 0 Å². The zero-order valence-corrected chi connectivity index (χ0v) is 14.5. The highest BCUT2D eigenvalue weighted by Gasteiger charge is 2.22. The zero-order valence-electron chi connectivity index (χ0n) is 14.5. The number of aryl methyl sites for hydroxylation is 2. The summed E-state index contributed by atoms with van der Waals surface area (Å²) in [6.45, 7) is 0. The molecule has 2 heteroatoms. The van der Waals surface area contributed by atoms with E-state index in [9.17, 15) is 0 Å². The van der Waals surface area contributed by atoms with Gasteiger partial charge in [0.25, 0.3) is 0 Å². The van der Waals surface area contributed by atoms with Crippen molar-refractivity contribution in [3.05, 3.63) is 78.1 Å². The van der Waals surface area contributed by atoms with E-state index in [-0.39, 0.29) is 0 Å². The number of benzene rings is 3. The fourth-order valence-corrected chi connectivity index (χ4v) is 4.61. The van der Waals surface area contributed by atoms with Gasteiger partial charge in [0, 0.05) is 33.8 Å². The van der Waals surface area contributed by atoms with E-state index in [2.05, 4.69) is 71.3 Å². The second-order valence-corrected chi connectivity index (χ2v) is 7.24. The molecule has 0 saturated carbocycles. The van der Waals surface area contributed by atoms with Gasteiger partial charge in [-0.25, -0.2) is 0 Å². The Morgan fingerprint density at radius 1 is 0.692 bits per heavy atom. The summed E-state index contributed by atoms with van der Waals surface area (Å²) in [4.78, 5) is 0. The minimum atomic E-state index is 1.05. The molecule has 0 spiro atoms. The molecule has 2 aromatic heterocycles. The molecule has 0 atom stereocenters. The van der Waals surface area contributed by atoms with Crippen LogP contribution in [-0.2, 0) is 12.8 Å². The summed E-state index contributed by atoms with van der Waals surface area (Å²) in [5.41, 5.74) is 6.09. The fourth-order valence-electron chi connectivity index (χ4n) is 4.61. The van der Waals surface area contributed by atoms with E-state index in [1.807, 2.05) is 0 Å². The monoisotopic (exact) mass is 337 g/mol. The van der Waals surface area contributed by atoms with Gasteiger partial charge in [-0.1, -0.05) is 48.5 Å². The van der Waals surface area contributed by atoms with Gasteiger partial charge in [0.1, 0.15) is 5.76 Å². The first-order valence-electron chi connectivity index (χ1n) is 9.43. The number of fused-ring (bicyclic) bond motifs is 7. The van der Waals surface area contributed by atoms with E-state index >= 15 is 0 Å². The van der Waals surface area contributed by atoms with Gasteiger partial charge >= 0.3 is 0 Å². The minimum absolute atomic E-state index is 1.05. The van der Waals surface area contributed by atoms with Crippen LogP contribution in [0.4, 0.5) is 0 Å². The maximum Gasteiger partial charge on any atom is 0.159 e. The van der Waals surface area contributed by atoms with Crippen LogP contribution in [0.15, 0.2) is 71.1 Å². The molecule has 0 bridgehead atoms. The number of hydrogen-bond acceptors (Lipinski definition) is 1. The second kappa shape index (κ2) is 5.25. The molecular formula is C24H19NO. The Hall–Kier alpha value is -3.00. The SMILES string of the molecule is c1ccc(-n2c3ccccc3c3ccc4c5c(oc4c32)CCCC5)cc1. The average Bonchev–Trinajstić information content (AvgIpc) is 3.24. The smallest absolute Gasteiger partial charge is 0.159 e. The molecule has 2 heterocycles. The fraction of sp³-hybridized carbons (Fsp3) is 0.167. The quantitative estimate of drug-likeness (QED) is 0.346. The summed E-state index contributed by atoms with van der Waals surface area (Å²) in [6, 6.07) is 23.8. The third kappa shape index (κ3) is 1.82. The van der Waals surface area contributed by atoms with Crippen LogP contribution >= 0.6 is 0 Å². The third-order valence-electron chi connectivity index (χ3n) is 5.77. The maximum atomic E-state index is 6.47. The van der Waals surface area contributed by atoms with Gasteiger partial charge in [-0.2, -0.15) is 0 Å². The zero-order chi connectivity index (χ0) is 17.1. The Bertz CT molecular complexity index is 1270. The van der Waals surface area contributed by atoms with Gasteiger partial charge in [-0.15, -0.1) is 0 Å². The maximum absolute atomic E-state index is 6.47. The van der Waals surface area contributed by atoms with Crippen molar-refractivity contribution < 1.29 is 4.42 Å². The lowest BCUT2D eigenvalue weighted by molar-refractivity contribution is 0.507. The highest BCUT2D eigenvalue weighted by atomic mass is 16.3. The van der Waals surface area contributed by atoms with Gasteiger partial charge in [-0.05, 0) is 37.5 Å². The van der Waals surface area contributed by atoms with Crippen LogP contribution < -0.4 is 0 Å². The van der Waals surface area contributed by atoms with Crippen LogP contribution in [-0.4, -0.2) is 4.57 Å². The Balaban J connectivity index is 1.85. The lowest BCUT2D eigenvalue weighted by atomic mass is 9.95. The van der Waals surface area contributed by atoms with E-state index in [1.54, 1.807) is 0 Å². The van der Waals surface area contributed by atoms with Crippen molar-refractivity contribution in [2.75, 3.05) is 0 Å². The topological polar surface area (TPSA) is 18.1 Å². The molecule has 2 nitrogen and oxygen atoms in total. The lowest BCUT2D eigenvalue weighted by Crippen LogP contribution is -1.98. The molecule has 0 aliphatic heterocycles. The standard InChI is InChI=1S/C24H19NO/c1-2-8-16(9-3-1)25-21-12-6-4-10-17(21)19-14-15-20-18-11-5-7-13-22(18)26-24(20)23(19)25/h1-4,6,8-10,12,14-15H,5,7,11,13H2. The first-order valence-corrected chi connectivity index (χ1v) is 9.43. The molecule has 5 aromatic rings.